The minimum Gasteiger partial charge on any atom is -0.507 e. The average molecular weight is 351 g/mol. The molecule has 0 fully saturated rings. The lowest BCUT2D eigenvalue weighted by Gasteiger charge is -2.06. The van der Waals surface area contributed by atoms with Crippen LogP contribution in [0.4, 0.5) is 0 Å². The molecule has 0 saturated heterocycles. The van der Waals surface area contributed by atoms with E-state index in [0.29, 0.717) is 16.9 Å². The smallest absolute Gasteiger partial charge is 0.341 e. The molecule has 0 rings (SSSR count). The van der Waals surface area contributed by atoms with Gasteiger partial charge < -0.3 is 20.4 Å². The van der Waals surface area contributed by atoms with E-state index in [1.807, 2.05) is 0 Å². The van der Waals surface area contributed by atoms with Crippen molar-refractivity contribution >= 4 is 11.7 Å². The quantitative estimate of drug-likeness (QED) is 0.167. The molecular weight excluding hydrogens is 318 g/mol. The van der Waals surface area contributed by atoms with Gasteiger partial charge in [-0.3, -0.25) is 0 Å². The van der Waals surface area contributed by atoms with Crippen LogP contribution in [0.1, 0.15) is 60.3 Å². The predicted octanol–water partition coefficient (Wildman–Crippen LogP) is 5.56. The Morgan fingerprint density at radius 2 is 1.56 bits per heavy atom. The third kappa shape index (κ3) is 11.0. The van der Waals surface area contributed by atoms with Crippen LogP contribution in [0.15, 0.2) is 47.0 Å². The highest BCUT2D eigenvalue weighted by Crippen LogP contribution is 2.15. The summed E-state index contributed by atoms with van der Waals surface area (Å²) in [6.07, 6.45) is 8.62. The van der Waals surface area contributed by atoms with Crippen molar-refractivity contribution in [1.82, 2.24) is 0 Å². The summed E-state index contributed by atoms with van der Waals surface area (Å²) in [6, 6.07) is 0. The average Bonchev–Trinajstić information content (AvgIpc) is 2.52. The molecule has 0 saturated carbocycles. The highest BCUT2D eigenvalue weighted by atomic mass is 16.5. The van der Waals surface area contributed by atoms with Crippen LogP contribution in [0.2, 0.25) is 0 Å². The first kappa shape index (κ1) is 24.9. The number of hydrogen-bond acceptors (Lipinski definition) is 4. The van der Waals surface area contributed by atoms with Crippen molar-refractivity contribution in [2.45, 2.75) is 60.3 Å². The minimum atomic E-state index is -1.34. The molecule has 0 spiro atoms. The molecule has 0 aliphatic heterocycles. The first-order chi connectivity index (χ1) is 11.6. The third-order valence-electron chi connectivity index (χ3n) is 3.28. The summed E-state index contributed by atoms with van der Waals surface area (Å²) in [5.74, 6) is -1.25. The maximum atomic E-state index is 10.9. The summed E-state index contributed by atoms with van der Waals surface area (Å²) in [5, 5.41) is 26.1. The zero-order valence-electron chi connectivity index (χ0n) is 16.4. The second-order valence-electron chi connectivity index (χ2n) is 5.73. The van der Waals surface area contributed by atoms with Crippen molar-refractivity contribution in [3.05, 3.63) is 47.0 Å². The van der Waals surface area contributed by atoms with Gasteiger partial charge in [0.15, 0.2) is 0 Å². The summed E-state index contributed by atoms with van der Waals surface area (Å²) in [7, 11) is 1.49. The van der Waals surface area contributed by atoms with Gasteiger partial charge in [-0.05, 0) is 38.0 Å². The van der Waals surface area contributed by atoms with Crippen molar-refractivity contribution in [2.24, 2.45) is 0 Å². The van der Waals surface area contributed by atoms with Gasteiger partial charge in [0.25, 0.3) is 0 Å². The normalized spacial score (nSPS) is 12.6. The van der Waals surface area contributed by atoms with Crippen molar-refractivity contribution in [1.29, 1.82) is 5.41 Å². The van der Waals surface area contributed by atoms with Gasteiger partial charge in [-0.15, -0.1) is 0 Å². The molecule has 142 valence electrons. The van der Waals surface area contributed by atoms with Gasteiger partial charge in [-0.2, -0.15) is 0 Å². The number of aliphatic hydroxyl groups excluding tert-OH is 1. The number of aliphatic hydroxyl groups is 1. The fourth-order valence-electron chi connectivity index (χ4n) is 1.80. The van der Waals surface area contributed by atoms with Crippen LogP contribution in [0.3, 0.4) is 0 Å². The standard InChI is InChI=1S/C14H19NO4.C6H14/c1-8(2)11(19-5)7-6-9(3)13(16)12(10(4)15)14(17)18;1-3-5-6-4-2/h6-7,15-16H,1H2,2-5H3,(H,17,18);3-6H2,1-2H3/b9-6+,11-7+,13-12+,15-10?;. The molecule has 0 aromatic heterocycles. The van der Waals surface area contributed by atoms with Crippen molar-refractivity contribution in [2.75, 3.05) is 7.11 Å². The number of carboxylic acids is 1. The molecule has 0 aliphatic rings. The number of rotatable bonds is 9. The highest BCUT2D eigenvalue weighted by Gasteiger charge is 2.17. The molecule has 0 radical (unpaired) electrons. The topological polar surface area (TPSA) is 90.6 Å². The Kier molecular flexibility index (Phi) is 14.0. The maximum Gasteiger partial charge on any atom is 0.341 e. The monoisotopic (exact) mass is 351 g/mol. The van der Waals surface area contributed by atoms with Gasteiger partial charge >= 0.3 is 5.97 Å². The summed E-state index contributed by atoms with van der Waals surface area (Å²) in [5.41, 5.74) is 0.390. The van der Waals surface area contributed by atoms with E-state index in [-0.39, 0.29) is 5.71 Å². The third-order valence-corrected chi connectivity index (χ3v) is 3.28. The lowest BCUT2D eigenvalue weighted by Crippen LogP contribution is -2.12. The molecule has 25 heavy (non-hydrogen) atoms. The number of nitrogens with one attached hydrogen (secondary N) is 1. The van der Waals surface area contributed by atoms with Gasteiger partial charge in [0.05, 0.1) is 7.11 Å². The Balaban J connectivity index is 0. The van der Waals surface area contributed by atoms with E-state index in [1.54, 1.807) is 19.9 Å². The Bertz CT molecular complexity index is 534. The number of aliphatic carboxylic acids is 1. The summed E-state index contributed by atoms with van der Waals surface area (Å²) in [6.45, 7) is 12.8. The van der Waals surface area contributed by atoms with E-state index in [4.69, 9.17) is 15.3 Å². The Morgan fingerprint density at radius 1 is 1.08 bits per heavy atom. The molecule has 0 aromatic carbocycles. The van der Waals surface area contributed by atoms with E-state index in [0.717, 1.165) is 0 Å². The molecule has 5 heteroatoms. The molecule has 0 unspecified atom stereocenters. The summed E-state index contributed by atoms with van der Waals surface area (Å²) in [4.78, 5) is 10.9. The van der Waals surface area contributed by atoms with E-state index in [9.17, 15) is 9.90 Å². The van der Waals surface area contributed by atoms with Crippen molar-refractivity contribution < 1.29 is 19.7 Å². The zero-order chi connectivity index (χ0) is 20.0. The van der Waals surface area contributed by atoms with Gasteiger partial charge in [-0.25, -0.2) is 4.79 Å². The van der Waals surface area contributed by atoms with Crippen LogP contribution in [-0.2, 0) is 9.53 Å². The number of unbranched alkanes of at least 4 members (excludes halogenated alkanes) is 3. The second-order valence-corrected chi connectivity index (χ2v) is 5.73. The SMILES string of the molecule is C=C(C)\C(=C/C=C(C)/C(O)=C(/C(C)=N)C(=O)O)OC.CCCCCC. The Hall–Kier alpha value is -2.30. The van der Waals surface area contributed by atoms with Crippen LogP contribution in [0.5, 0.6) is 0 Å². The van der Waals surface area contributed by atoms with Crippen LogP contribution in [0, 0.1) is 5.41 Å². The molecule has 0 aromatic rings. The highest BCUT2D eigenvalue weighted by molar-refractivity contribution is 6.17. The van der Waals surface area contributed by atoms with Crippen LogP contribution in [-0.4, -0.2) is 29.0 Å². The fourth-order valence-corrected chi connectivity index (χ4v) is 1.80. The van der Waals surface area contributed by atoms with E-state index in [2.05, 4.69) is 20.4 Å². The summed E-state index contributed by atoms with van der Waals surface area (Å²) < 4.78 is 5.06. The van der Waals surface area contributed by atoms with Crippen LogP contribution in [0.25, 0.3) is 0 Å². The number of methoxy groups -OCH3 is 1. The first-order valence-corrected chi connectivity index (χ1v) is 8.44. The van der Waals surface area contributed by atoms with Crippen molar-refractivity contribution in [3.63, 3.8) is 0 Å². The fraction of sp³-hybridized carbons (Fsp3) is 0.500. The number of carbonyl (C=O) groups is 1. The molecule has 0 heterocycles. The molecule has 0 amide bonds. The van der Waals surface area contributed by atoms with E-state index < -0.39 is 17.3 Å². The van der Waals surface area contributed by atoms with Gasteiger partial charge in [0, 0.05) is 5.71 Å². The van der Waals surface area contributed by atoms with Crippen LogP contribution < -0.4 is 0 Å². The molecule has 0 bridgehead atoms. The maximum absolute atomic E-state index is 10.9. The first-order valence-electron chi connectivity index (χ1n) is 8.44. The van der Waals surface area contributed by atoms with E-state index >= 15 is 0 Å². The van der Waals surface area contributed by atoms with Gasteiger partial charge in [-0.1, -0.05) is 52.2 Å². The number of ether oxygens (including phenoxy) is 1. The Labute approximate surface area is 151 Å². The Morgan fingerprint density at radius 3 is 1.84 bits per heavy atom. The molecular formula is C20H33NO4. The predicted molar refractivity (Wildman–Crippen MR) is 104 cm³/mol. The summed E-state index contributed by atoms with van der Waals surface area (Å²) >= 11 is 0. The van der Waals surface area contributed by atoms with Crippen molar-refractivity contribution in [3.8, 4) is 0 Å². The number of allylic oxidation sites excluding steroid dienone is 4. The lowest BCUT2D eigenvalue weighted by atomic mass is 10.1. The number of carboxylic acid groups (broad SMARTS) is 1. The van der Waals surface area contributed by atoms with E-state index in [1.165, 1.54) is 45.8 Å². The number of hydrogen-bond donors (Lipinski definition) is 3. The van der Waals surface area contributed by atoms with Gasteiger partial charge in [0.2, 0.25) is 0 Å². The minimum absolute atomic E-state index is 0.214. The molecule has 3 N–H and O–H groups in total. The molecule has 5 nitrogen and oxygen atoms in total. The second kappa shape index (κ2) is 14.1. The van der Waals surface area contributed by atoms with Crippen LogP contribution >= 0.6 is 0 Å². The van der Waals surface area contributed by atoms with Gasteiger partial charge in [0.1, 0.15) is 17.1 Å². The molecule has 0 atom stereocenters. The lowest BCUT2D eigenvalue weighted by molar-refractivity contribution is -0.132. The zero-order valence-corrected chi connectivity index (χ0v) is 16.4. The molecule has 0 aliphatic carbocycles. The largest absolute Gasteiger partial charge is 0.507 e.